The number of ether oxygens (including phenoxy) is 1. The molecule has 1 aliphatic rings. The summed E-state index contributed by atoms with van der Waals surface area (Å²) in [5.41, 5.74) is 0.352. The highest BCUT2D eigenvalue weighted by Crippen LogP contribution is 2.40. The molecule has 1 fully saturated rings. The molecule has 3 rings (SSSR count). The number of nitrogens with zero attached hydrogens (tertiary/aromatic N) is 1. The highest BCUT2D eigenvalue weighted by Gasteiger charge is 2.42. The van der Waals surface area contributed by atoms with Crippen LogP contribution >= 0.6 is 11.6 Å². The Morgan fingerprint density at radius 3 is 2.48 bits per heavy atom. The van der Waals surface area contributed by atoms with E-state index in [1.54, 1.807) is 6.92 Å². The average Bonchev–Trinajstić information content (AvgIpc) is 2.71. The number of benzene rings is 1. The first kappa shape index (κ1) is 26.9. The van der Waals surface area contributed by atoms with Crippen molar-refractivity contribution in [2.45, 2.75) is 43.5 Å². The molecule has 33 heavy (non-hydrogen) atoms. The number of pyridine rings is 1. The normalized spacial score (nSPS) is 20.7. The van der Waals surface area contributed by atoms with Gasteiger partial charge in [-0.1, -0.05) is 18.5 Å². The number of halogens is 6. The molecule has 1 aromatic heterocycles. The van der Waals surface area contributed by atoms with Crippen LogP contribution in [0.1, 0.15) is 26.2 Å². The molecule has 3 atom stereocenters. The highest BCUT2D eigenvalue weighted by atomic mass is 35.5. The number of carbonyl (C=O) groups is 1. The van der Waals surface area contributed by atoms with Crippen LogP contribution in [0.4, 0.5) is 27.6 Å². The van der Waals surface area contributed by atoms with Gasteiger partial charge in [-0.3, -0.25) is 4.79 Å². The number of carbonyl (C=O) groups excluding carboxylic acids is 1. The van der Waals surface area contributed by atoms with Crippen molar-refractivity contribution in [1.82, 2.24) is 4.98 Å². The molecule has 1 aromatic carbocycles. The molecular weight excluding hydrogens is 493 g/mol. The van der Waals surface area contributed by atoms with Gasteiger partial charge in [0.25, 0.3) is 0 Å². The maximum Gasteiger partial charge on any atom is 0.573 e. The zero-order chi connectivity index (χ0) is 24.8. The van der Waals surface area contributed by atoms with Crippen LogP contribution in [-0.2, 0) is 15.8 Å². The molecule has 1 amide bonds. The summed E-state index contributed by atoms with van der Waals surface area (Å²) < 4.78 is 76.4. The Morgan fingerprint density at radius 1 is 1.27 bits per heavy atom. The molecule has 0 aliphatic heterocycles. The van der Waals surface area contributed by atoms with Gasteiger partial charge in [-0.2, -0.15) is 0 Å². The summed E-state index contributed by atoms with van der Waals surface area (Å²) >= 11 is 5.45. The molecule has 2 aromatic rings. The van der Waals surface area contributed by atoms with Crippen molar-refractivity contribution >= 4 is 34.2 Å². The van der Waals surface area contributed by atoms with E-state index < -0.39 is 41.5 Å². The molecule has 0 saturated heterocycles. The lowest BCUT2D eigenvalue weighted by Crippen LogP contribution is -2.38. The molecule has 3 N–H and O–H groups in total. The first-order valence-corrected chi connectivity index (χ1v) is 11.2. The van der Waals surface area contributed by atoms with Crippen LogP contribution in [0, 0.1) is 11.8 Å². The molecule has 182 valence electrons. The van der Waals surface area contributed by atoms with E-state index in [1.165, 1.54) is 30.5 Å². The van der Waals surface area contributed by atoms with E-state index in [1.807, 2.05) is 0 Å². The van der Waals surface area contributed by atoms with E-state index in [0.29, 0.717) is 17.1 Å². The van der Waals surface area contributed by atoms with E-state index in [9.17, 15) is 31.0 Å². The molecule has 1 aliphatic carbocycles. The number of anilines is 1. The molecule has 0 bridgehead atoms. The molecule has 1 saturated carbocycles. The molecule has 2 unspecified atom stereocenters. The summed E-state index contributed by atoms with van der Waals surface area (Å²) in [6, 6.07) is 7.82. The molecule has 0 spiro atoms. The molecule has 6 nitrogen and oxygen atoms in total. The van der Waals surface area contributed by atoms with Gasteiger partial charge in [0, 0.05) is 35.7 Å². The first-order chi connectivity index (χ1) is 15.3. The van der Waals surface area contributed by atoms with E-state index in [-0.39, 0.29) is 23.1 Å². The Bertz CT molecular complexity index is 976. The third-order valence-electron chi connectivity index (χ3n) is 4.76. The second kappa shape index (κ2) is 11.2. The summed E-state index contributed by atoms with van der Waals surface area (Å²) in [7, 11) is -1.76. The maximum atomic E-state index is 13.5. The van der Waals surface area contributed by atoms with Crippen molar-refractivity contribution in [3.8, 4) is 5.75 Å². The van der Waals surface area contributed by atoms with E-state index in [4.69, 9.17) is 16.7 Å². The summed E-state index contributed by atoms with van der Waals surface area (Å²) in [6.07, 6.45) is -3.59. The third kappa shape index (κ3) is 9.22. The van der Waals surface area contributed by atoms with E-state index >= 15 is 0 Å². The Morgan fingerprint density at radius 2 is 1.91 bits per heavy atom. The number of rotatable bonds is 4. The molecule has 13 heteroatoms. The Balaban J connectivity index is 0.000000273. The quantitative estimate of drug-likeness (QED) is 0.542. The van der Waals surface area contributed by atoms with Gasteiger partial charge < -0.3 is 10.1 Å². The van der Waals surface area contributed by atoms with Gasteiger partial charge in [0.1, 0.15) is 21.8 Å². The van der Waals surface area contributed by atoms with Crippen LogP contribution in [0.5, 0.6) is 5.75 Å². The fraction of sp³-hybridized carbons (Fsp3) is 0.400. The lowest BCUT2D eigenvalue weighted by Gasteiger charge is -2.33. The first-order valence-electron chi connectivity index (χ1n) is 9.58. The largest absolute Gasteiger partial charge is 0.573 e. The van der Waals surface area contributed by atoms with Crippen LogP contribution in [-0.4, -0.2) is 27.4 Å². The predicted molar refractivity (Wildman–Crippen MR) is 113 cm³/mol. The van der Waals surface area contributed by atoms with Gasteiger partial charge in [0.15, 0.2) is 0 Å². The molecule has 0 radical (unpaired) electrons. The van der Waals surface area contributed by atoms with Crippen molar-refractivity contribution in [2.24, 2.45) is 17.0 Å². The fourth-order valence-electron chi connectivity index (χ4n) is 3.08. The van der Waals surface area contributed by atoms with Crippen LogP contribution in [0.3, 0.4) is 0 Å². The number of nitrogens with one attached hydrogen (secondary N) is 1. The van der Waals surface area contributed by atoms with Crippen molar-refractivity contribution in [1.29, 1.82) is 0 Å². The number of amides is 1. The number of alkyl halides is 5. The minimum Gasteiger partial charge on any atom is -0.406 e. The SMILES string of the molecule is CC1CCC(F)(F)C[C@H]1C(=O)Nc1ccnc(S(N)=O)c1.FC(F)(F)Oc1ccc(Cl)cc1. The Kier molecular flexibility index (Phi) is 9.15. The number of hydrogen-bond donors (Lipinski definition) is 2. The summed E-state index contributed by atoms with van der Waals surface area (Å²) in [4.78, 5) is 16.0. The smallest absolute Gasteiger partial charge is 0.406 e. The van der Waals surface area contributed by atoms with E-state index in [2.05, 4.69) is 15.0 Å². The second-order valence-corrected chi connectivity index (χ2v) is 8.80. The van der Waals surface area contributed by atoms with Crippen molar-refractivity contribution in [2.75, 3.05) is 5.32 Å². The zero-order valence-electron chi connectivity index (χ0n) is 17.2. The minimum atomic E-state index is -4.65. The van der Waals surface area contributed by atoms with Crippen LogP contribution in [0.25, 0.3) is 0 Å². The average molecular weight is 514 g/mol. The monoisotopic (exact) mass is 513 g/mol. The third-order valence-corrected chi connectivity index (χ3v) is 5.65. The van der Waals surface area contributed by atoms with Crippen LogP contribution in [0.15, 0.2) is 47.6 Å². The predicted octanol–water partition coefficient (Wildman–Crippen LogP) is 5.31. The lowest BCUT2D eigenvalue weighted by molar-refractivity contribution is -0.274. The summed E-state index contributed by atoms with van der Waals surface area (Å²) in [5.74, 6) is -4.37. The van der Waals surface area contributed by atoms with Crippen molar-refractivity contribution in [3.05, 3.63) is 47.6 Å². The summed E-state index contributed by atoms with van der Waals surface area (Å²) in [6.45, 7) is 1.80. The van der Waals surface area contributed by atoms with E-state index in [0.717, 1.165) is 12.1 Å². The van der Waals surface area contributed by atoms with Crippen molar-refractivity contribution < 1.29 is 35.7 Å². The van der Waals surface area contributed by atoms with Gasteiger partial charge in [-0.05, 0) is 48.7 Å². The fourth-order valence-corrected chi connectivity index (χ4v) is 3.62. The van der Waals surface area contributed by atoms with Gasteiger partial charge in [0.2, 0.25) is 11.8 Å². The number of aromatic nitrogens is 1. The minimum absolute atomic E-state index is 0.102. The van der Waals surface area contributed by atoms with Gasteiger partial charge in [0.05, 0.1) is 0 Å². The van der Waals surface area contributed by atoms with Crippen LogP contribution in [0.2, 0.25) is 5.02 Å². The maximum absolute atomic E-state index is 13.5. The van der Waals surface area contributed by atoms with Gasteiger partial charge in [-0.15, -0.1) is 13.2 Å². The Hall–Kier alpha value is -2.31. The standard InChI is InChI=1S/C13H17F2N3O2S.C7H4ClF3O/c1-8-2-4-13(14,15)7-10(8)12(19)18-9-3-5-17-11(6-9)21(16)20;8-5-1-3-6(4-2-5)12-7(9,10)11/h3,5-6,8,10H,2,4,7,16H2,1H3,(H,17,18,19);1-4H/t8?,10-,21?;/m1./s1. The number of nitrogens with two attached hydrogens (primary N) is 1. The molecule has 1 heterocycles. The van der Waals surface area contributed by atoms with Crippen molar-refractivity contribution in [3.63, 3.8) is 0 Å². The molecular formula is C20H21ClF5N3O3S. The highest BCUT2D eigenvalue weighted by molar-refractivity contribution is 7.82. The topological polar surface area (TPSA) is 94.3 Å². The zero-order valence-corrected chi connectivity index (χ0v) is 18.8. The second-order valence-electron chi connectivity index (χ2n) is 7.35. The van der Waals surface area contributed by atoms with Gasteiger partial charge in [-0.25, -0.2) is 23.1 Å². The van der Waals surface area contributed by atoms with Crippen LogP contribution < -0.4 is 15.2 Å². The van der Waals surface area contributed by atoms with Gasteiger partial charge >= 0.3 is 6.36 Å². The Labute approximate surface area is 194 Å². The summed E-state index contributed by atoms with van der Waals surface area (Å²) in [5, 5.41) is 8.27. The lowest BCUT2D eigenvalue weighted by atomic mass is 9.78. The number of hydrogen-bond acceptors (Lipinski definition) is 4.